The summed E-state index contributed by atoms with van der Waals surface area (Å²) in [5.41, 5.74) is 0. The van der Waals surface area contributed by atoms with Crippen molar-refractivity contribution in [2.75, 3.05) is 19.8 Å². The van der Waals surface area contributed by atoms with Gasteiger partial charge in [0.25, 0.3) is 0 Å². The standard InChI is InChI=1S/C15H26O6/c16-7-1-4-13(19)10-12(15(21)6-3-9-18)11-14(20)5-2-8-17/h12,16-18H,1-11H2. The van der Waals surface area contributed by atoms with Crippen molar-refractivity contribution in [2.45, 2.75) is 51.4 Å². The molecule has 0 saturated carbocycles. The minimum Gasteiger partial charge on any atom is -0.396 e. The van der Waals surface area contributed by atoms with E-state index in [2.05, 4.69) is 0 Å². The van der Waals surface area contributed by atoms with E-state index in [1.807, 2.05) is 0 Å². The Morgan fingerprint density at radius 1 is 0.667 bits per heavy atom. The van der Waals surface area contributed by atoms with Crippen LogP contribution < -0.4 is 0 Å². The Labute approximate surface area is 125 Å². The molecular formula is C15H26O6. The van der Waals surface area contributed by atoms with Gasteiger partial charge in [-0.1, -0.05) is 0 Å². The minimum absolute atomic E-state index is 0.00905. The summed E-state index contributed by atoms with van der Waals surface area (Å²) >= 11 is 0. The van der Waals surface area contributed by atoms with E-state index >= 15 is 0 Å². The largest absolute Gasteiger partial charge is 0.396 e. The van der Waals surface area contributed by atoms with E-state index in [0.29, 0.717) is 19.3 Å². The number of hydrogen-bond donors (Lipinski definition) is 3. The summed E-state index contributed by atoms with van der Waals surface area (Å²) in [6.07, 6.45) is 1.61. The lowest BCUT2D eigenvalue weighted by molar-refractivity contribution is -0.131. The van der Waals surface area contributed by atoms with Gasteiger partial charge in [-0.05, 0) is 19.3 Å². The average Bonchev–Trinajstić information content (AvgIpc) is 2.47. The lowest BCUT2D eigenvalue weighted by atomic mass is 9.88. The fourth-order valence-electron chi connectivity index (χ4n) is 2.06. The van der Waals surface area contributed by atoms with Crippen molar-refractivity contribution in [1.82, 2.24) is 0 Å². The van der Waals surface area contributed by atoms with Gasteiger partial charge in [0.15, 0.2) is 0 Å². The highest BCUT2D eigenvalue weighted by Gasteiger charge is 2.23. The van der Waals surface area contributed by atoms with E-state index in [1.165, 1.54) is 0 Å². The highest BCUT2D eigenvalue weighted by molar-refractivity contribution is 5.92. The number of carbonyl (C=O) groups excluding carboxylic acids is 3. The van der Waals surface area contributed by atoms with Gasteiger partial charge in [-0.2, -0.15) is 0 Å². The van der Waals surface area contributed by atoms with Crippen LogP contribution in [-0.2, 0) is 14.4 Å². The molecule has 0 unspecified atom stereocenters. The highest BCUT2D eigenvalue weighted by Crippen LogP contribution is 2.17. The number of ketones is 3. The maximum atomic E-state index is 12.0. The molecule has 0 fully saturated rings. The van der Waals surface area contributed by atoms with Crippen LogP contribution in [-0.4, -0.2) is 52.5 Å². The Morgan fingerprint density at radius 3 is 1.43 bits per heavy atom. The van der Waals surface area contributed by atoms with Crippen molar-refractivity contribution in [2.24, 2.45) is 5.92 Å². The second kappa shape index (κ2) is 12.6. The molecule has 0 spiro atoms. The molecule has 0 bridgehead atoms. The Morgan fingerprint density at radius 2 is 1.05 bits per heavy atom. The third kappa shape index (κ3) is 10.3. The molecule has 0 heterocycles. The van der Waals surface area contributed by atoms with Crippen molar-refractivity contribution in [3.05, 3.63) is 0 Å². The molecule has 0 aromatic carbocycles. The summed E-state index contributed by atoms with van der Waals surface area (Å²) in [7, 11) is 0. The molecule has 0 aromatic rings. The zero-order valence-electron chi connectivity index (χ0n) is 12.4. The van der Waals surface area contributed by atoms with Gasteiger partial charge in [0, 0.05) is 57.8 Å². The molecule has 21 heavy (non-hydrogen) atoms. The van der Waals surface area contributed by atoms with Gasteiger partial charge in [-0.15, -0.1) is 0 Å². The summed E-state index contributed by atoms with van der Waals surface area (Å²) in [6.45, 7) is -0.260. The Balaban J connectivity index is 4.49. The van der Waals surface area contributed by atoms with Crippen LogP contribution >= 0.6 is 0 Å². The molecular weight excluding hydrogens is 276 g/mol. The zero-order valence-corrected chi connectivity index (χ0v) is 12.4. The first-order valence-electron chi connectivity index (χ1n) is 7.43. The summed E-state index contributed by atoms with van der Waals surface area (Å²) in [5, 5.41) is 26.1. The van der Waals surface area contributed by atoms with Crippen LogP contribution in [0.2, 0.25) is 0 Å². The molecule has 6 nitrogen and oxygen atoms in total. The van der Waals surface area contributed by atoms with Gasteiger partial charge in [-0.3, -0.25) is 14.4 Å². The van der Waals surface area contributed by atoms with Gasteiger partial charge in [0.1, 0.15) is 17.3 Å². The quantitative estimate of drug-likeness (QED) is 0.428. The molecule has 0 atom stereocenters. The number of aliphatic hydroxyl groups excluding tert-OH is 3. The first-order valence-corrected chi connectivity index (χ1v) is 7.43. The first kappa shape index (κ1) is 19.9. The predicted molar refractivity (Wildman–Crippen MR) is 76.7 cm³/mol. The van der Waals surface area contributed by atoms with Crippen LogP contribution in [0.15, 0.2) is 0 Å². The third-order valence-corrected chi connectivity index (χ3v) is 3.21. The molecule has 3 N–H and O–H groups in total. The van der Waals surface area contributed by atoms with Crippen molar-refractivity contribution < 1.29 is 29.7 Å². The first-order chi connectivity index (χ1) is 10.0. The lowest BCUT2D eigenvalue weighted by Gasteiger charge is -2.14. The van der Waals surface area contributed by atoms with E-state index in [0.717, 1.165) is 0 Å². The van der Waals surface area contributed by atoms with E-state index in [9.17, 15) is 14.4 Å². The van der Waals surface area contributed by atoms with Crippen LogP contribution in [0.25, 0.3) is 0 Å². The summed E-state index contributed by atoms with van der Waals surface area (Å²) in [6, 6.07) is 0. The third-order valence-electron chi connectivity index (χ3n) is 3.21. The molecule has 0 aromatic heterocycles. The highest BCUT2D eigenvalue weighted by atomic mass is 16.3. The lowest BCUT2D eigenvalue weighted by Crippen LogP contribution is -2.22. The molecule has 122 valence electrons. The maximum absolute atomic E-state index is 12.0. The molecule has 0 aliphatic carbocycles. The number of hydrogen-bond acceptors (Lipinski definition) is 6. The summed E-state index contributed by atoms with van der Waals surface area (Å²) in [5.74, 6) is -1.10. The minimum atomic E-state index is -0.645. The van der Waals surface area contributed by atoms with E-state index in [1.54, 1.807) is 0 Å². The molecule has 0 rings (SSSR count). The van der Waals surface area contributed by atoms with Crippen molar-refractivity contribution in [1.29, 1.82) is 0 Å². The van der Waals surface area contributed by atoms with Gasteiger partial charge < -0.3 is 15.3 Å². The Hall–Kier alpha value is -1.11. The molecule has 0 saturated heterocycles. The number of rotatable bonds is 14. The maximum Gasteiger partial charge on any atom is 0.136 e. The van der Waals surface area contributed by atoms with Crippen LogP contribution in [0.5, 0.6) is 0 Å². The monoisotopic (exact) mass is 302 g/mol. The fourth-order valence-corrected chi connectivity index (χ4v) is 2.06. The molecule has 0 aliphatic heterocycles. The Bertz CT molecular complexity index is 304. The molecule has 0 radical (unpaired) electrons. The molecule has 0 aliphatic rings. The number of Topliss-reactive ketones (excluding diaryl/α,β-unsaturated/α-hetero) is 3. The van der Waals surface area contributed by atoms with Gasteiger partial charge in [0.05, 0.1) is 0 Å². The van der Waals surface area contributed by atoms with E-state index in [-0.39, 0.29) is 69.3 Å². The zero-order chi connectivity index (χ0) is 16.1. The predicted octanol–water partition coefficient (Wildman–Crippen LogP) is 0.408. The van der Waals surface area contributed by atoms with Crippen molar-refractivity contribution >= 4 is 17.3 Å². The Kier molecular flexibility index (Phi) is 12.0. The molecule has 0 amide bonds. The van der Waals surface area contributed by atoms with Crippen LogP contribution in [0.1, 0.15) is 51.4 Å². The van der Waals surface area contributed by atoms with E-state index in [4.69, 9.17) is 15.3 Å². The smallest absolute Gasteiger partial charge is 0.136 e. The average molecular weight is 302 g/mol. The second-order valence-corrected chi connectivity index (χ2v) is 5.13. The van der Waals surface area contributed by atoms with Gasteiger partial charge in [0.2, 0.25) is 0 Å². The van der Waals surface area contributed by atoms with Gasteiger partial charge in [-0.25, -0.2) is 0 Å². The van der Waals surface area contributed by atoms with Crippen molar-refractivity contribution in [3.8, 4) is 0 Å². The molecule has 6 heteroatoms. The second-order valence-electron chi connectivity index (χ2n) is 5.13. The van der Waals surface area contributed by atoms with Crippen LogP contribution in [0.3, 0.4) is 0 Å². The number of carbonyl (C=O) groups is 3. The summed E-state index contributed by atoms with van der Waals surface area (Å²) in [4.78, 5) is 35.5. The normalized spacial score (nSPS) is 10.9. The van der Waals surface area contributed by atoms with Gasteiger partial charge >= 0.3 is 0 Å². The number of aliphatic hydroxyl groups is 3. The van der Waals surface area contributed by atoms with Crippen LogP contribution in [0.4, 0.5) is 0 Å². The van der Waals surface area contributed by atoms with Crippen LogP contribution in [0, 0.1) is 5.92 Å². The SMILES string of the molecule is O=C(CCCO)CC(CC(=O)CCCO)C(=O)CCCO. The van der Waals surface area contributed by atoms with E-state index < -0.39 is 5.92 Å². The fraction of sp³-hybridized carbons (Fsp3) is 0.800. The summed E-state index contributed by atoms with van der Waals surface area (Å²) < 4.78 is 0. The topological polar surface area (TPSA) is 112 Å². The van der Waals surface area contributed by atoms with Crippen molar-refractivity contribution in [3.63, 3.8) is 0 Å².